The molecule has 0 aromatic heterocycles. The predicted octanol–water partition coefficient (Wildman–Crippen LogP) is 0.849. The van der Waals surface area contributed by atoms with Crippen molar-refractivity contribution >= 4 is 31.4 Å². The van der Waals surface area contributed by atoms with Crippen LogP contribution in [0.3, 0.4) is 0 Å². The first-order valence-electron chi connectivity index (χ1n) is 3.34. The number of hydrogen-bond donors (Lipinski definition) is 0. The van der Waals surface area contributed by atoms with Crippen LogP contribution in [0.5, 0.6) is 0 Å². The zero-order valence-electron chi connectivity index (χ0n) is 6.41. The Balaban J connectivity index is 2.35. The van der Waals surface area contributed by atoms with Crippen molar-refractivity contribution in [3.63, 3.8) is 0 Å². The van der Waals surface area contributed by atoms with Crippen LogP contribution in [0.25, 0.3) is 0 Å². The quantitative estimate of drug-likeness (QED) is 0.541. The van der Waals surface area contributed by atoms with E-state index in [-0.39, 0.29) is 0 Å². The standard InChI is InChI=1S/C6H12BNS2/c1-8-3-5(7)10-6(4-8)9-2/h5-6H,3-4H2,1-2H3. The van der Waals surface area contributed by atoms with Gasteiger partial charge in [0.05, 0.1) is 12.4 Å². The van der Waals surface area contributed by atoms with Crippen LogP contribution in [-0.4, -0.2) is 48.9 Å². The maximum atomic E-state index is 5.80. The van der Waals surface area contributed by atoms with Crippen molar-refractivity contribution in [3.8, 4) is 0 Å². The lowest BCUT2D eigenvalue weighted by atomic mass is 10.0. The molecule has 2 unspecified atom stereocenters. The lowest BCUT2D eigenvalue weighted by Gasteiger charge is -2.32. The van der Waals surface area contributed by atoms with Gasteiger partial charge in [-0.05, 0) is 18.5 Å². The summed E-state index contributed by atoms with van der Waals surface area (Å²) in [6.45, 7) is 2.20. The number of thioether (sulfide) groups is 2. The fraction of sp³-hybridized carbons (Fsp3) is 1.00. The Kier molecular flexibility index (Phi) is 3.47. The fourth-order valence-corrected chi connectivity index (χ4v) is 3.39. The second kappa shape index (κ2) is 3.93. The molecule has 1 heterocycles. The van der Waals surface area contributed by atoms with Crippen molar-refractivity contribution in [2.75, 3.05) is 26.4 Å². The minimum Gasteiger partial charge on any atom is -0.304 e. The van der Waals surface area contributed by atoms with E-state index >= 15 is 0 Å². The van der Waals surface area contributed by atoms with Gasteiger partial charge in [-0.3, -0.25) is 0 Å². The molecule has 1 aliphatic rings. The molecule has 56 valence electrons. The highest BCUT2D eigenvalue weighted by Crippen LogP contribution is 2.29. The van der Waals surface area contributed by atoms with Crippen molar-refractivity contribution in [1.82, 2.24) is 4.90 Å². The number of nitrogens with zero attached hydrogens (tertiary/aromatic N) is 1. The summed E-state index contributed by atoms with van der Waals surface area (Å²) in [7, 11) is 7.93. The summed E-state index contributed by atoms with van der Waals surface area (Å²) in [6.07, 6.45) is 2.14. The second-order valence-electron chi connectivity index (χ2n) is 2.56. The molecule has 0 amide bonds. The van der Waals surface area contributed by atoms with Crippen LogP contribution in [0.15, 0.2) is 0 Å². The summed E-state index contributed by atoms with van der Waals surface area (Å²) in [4.78, 5) is 2.29. The van der Waals surface area contributed by atoms with Crippen molar-refractivity contribution in [3.05, 3.63) is 0 Å². The highest BCUT2D eigenvalue weighted by molar-refractivity contribution is 8.17. The molecule has 4 heteroatoms. The van der Waals surface area contributed by atoms with E-state index in [1.807, 2.05) is 23.5 Å². The molecular formula is C6H12BNS2. The van der Waals surface area contributed by atoms with Crippen LogP contribution in [0.4, 0.5) is 0 Å². The largest absolute Gasteiger partial charge is 0.304 e. The van der Waals surface area contributed by atoms with Crippen molar-refractivity contribution < 1.29 is 0 Å². The Morgan fingerprint density at radius 1 is 1.60 bits per heavy atom. The molecule has 0 bridgehead atoms. The van der Waals surface area contributed by atoms with Crippen molar-refractivity contribution in [2.24, 2.45) is 0 Å². The second-order valence-corrected chi connectivity index (χ2v) is 5.35. The number of rotatable bonds is 1. The van der Waals surface area contributed by atoms with E-state index < -0.39 is 0 Å². The minimum atomic E-state index is 0.316. The third kappa shape index (κ3) is 2.40. The Morgan fingerprint density at radius 3 is 2.80 bits per heavy atom. The molecule has 0 aromatic carbocycles. The molecule has 1 fully saturated rings. The van der Waals surface area contributed by atoms with Gasteiger partial charge in [0.15, 0.2) is 0 Å². The molecular weight excluding hydrogens is 161 g/mol. The lowest BCUT2D eigenvalue weighted by molar-refractivity contribution is 0.358. The zero-order valence-corrected chi connectivity index (χ0v) is 8.04. The summed E-state index contributed by atoms with van der Waals surface area (Å²) in [5.41, 5.74) is 0. The normalized spacial score (nSPS) is 36.2. The van der Waals surface area contributed by atoms with Gasteiger partial charge in [-0.15, -0.1) is 11.8 Å². The van der Waals surface area contributed by atoms with Gasteiger partial charge in [0.25, 0.3) is 0 Å². The van der Waals surface area contributed by atoms with Gasteiger partial charge in [-0.25, -0.2) is 0 Å². The molecule has 1 rings (SSSR count). The molecule has 2 atom stereocenters. The molecule has 0 aliphatic carbocycles. The topological polar surface area (TPSA) is 3.24 Å². The van der Waals surface area contributed by atoms with E-state index in [2.05, 4.69) is 18.2 Å². The van der Waals surface area contributed by atoms with Gasteiger partial charge < -0.3 is 4.90 Å². The van der Waals surface area contributed by atoms with E-state index in [4.69, 9.17) is 7.85 Å². The van der Waals surface area contributed by atoms with Crippen LogP contribution in [0.2, 0.25) is 0 Å². The van der Waals surface area contributed by atoms with Gasteiger partial charge in [0, 0.05) is 13.1 Å². The van der Waals surface area contributed by atoms with Gasteiger partial charge in [-0.1, -0.05) is 0 Å². The minimum absolute atomic E-state index is 0.316. The third-order valence-corrected chi connectivity index (χ3v) is 4.08. The molecule has 1 nitrogen and oxygen atoms in total. The van der Waals surface area contributed by atoms with Gasteiger partial charge in [-0.2, -0.15) is 11.8 Å². The van der Waals surface area contributed by atoms with Crippen molar-refractivity contribution in [2.45, 2.75) is 9.73 Å². The Hall–Kier alpha value is 0.725. The molecule has 1 saturated heterocycles. The first-order valence-corrected chi connectivity index (χ1v) is 5.58. The summed E-state index contributed by atoms with van der Waals surface area (Å²) in [5.74, 6) is 0. The van der Waals surface area contributed by atoms with Crippen molar-refractivity contribution in [1.29, 1.82) is 0 Å². The lowest BCUT2D eigenvalue weighted by Crippen LogP contribution is -2.38. The Morgan fingerprint density at radius 2 is 2.30 bits per heavy atom. The fourth-order valence-electron chi connectivity index (χ4n) is 1.05. The van der Waals surface area contributed by atoms with Crippen LogP contribution < -0.4 is 0 Å². The summed E-state index contributed by atoms with van der Waals surface area (Å²) >= 11 is 3.78. The zero-order chi connectivity index (χ0) is 7.56. The Labute approximate surface area is 72.7 Å². The first kappa shape index (κ1) is 8.82. The molecule has 0 aromatic rings. The van der Waals surface area contributed by atoms with E-state index in [1.165, 1.54) is 6.54 Å². The van der Waals surface area contributed by atoms with Gasteiger partial charge in [0.2, 0.25) is 0 Å². The molecule has 0 saturated carbocycles. The third-order valence-electron chi connectivity index (χ3n) is 1.54. The average molecular weight is 173 g/mol. The summed E-state index contributed by atoms with van der Waals surface area (Å²) < 4.78 is 0.675. The van der Waals surface area contributed by atoms with Crippen LogP contribution in [0.1, 0.15) is 0 Å². The Bertz CT molecular complexity index is 102. The van der Waals surface area contributed by atoms with Crippen LogP contribution in [0, 0.1) is 0 Å². The molecule has 0 N–H and O–H groups in total. The van der Waals surface area contributed by atoms with E-state index in [0.29, 0.717) is 9.73 Å². The molecule has 1 aliphatic heterocycles. The summed E-state index contributed by atoms with van der Waals surface area (Å²) in [5, 5.41) is 0.316. The summed E-state index contributed by atoms with van der Waals surface area (Å²) in [6, 6.07) is 0. The molecule has 10 heavy (non-hydrogen) atoms. The molecule has 0 spiro atoms. The first-order chi connectivity index (χ1) is 4.72. The highest BCUT2D eigenvalue weighted by atomic mass is 32.2. The van der Waals surface area contributed by atoms with E-state index in [1.54, 1.807) is 0 Å². The predicted molar refractivity (Wildman–Crippen MR) is 51.9 cm³/mol. The molecule has 2 radical (unpaired) electrons. The van der Waals surface area contributed by atoms with E-state index in [9.17, 15) is 0 Å². The SMILES string of the molecule is [B]C1CN(C)CC(SC)S1. The maximum Gasteiger partial charge on any atom is 0.0864 e. The van der Waals surface area contributed by atoms with Gasteiger partial charge >= 0.3 is 0 Å². The van der Waals surface area contributed by atoms with Gasteiger partial charge in [0.1, 0.15) is 0 Å². The average Bonchev–Trinajstić information content (AvgIpc) is 1.85. The highest BCUT2D eigenvalue weighted by Gasteiger charge is 2.21. The maximum absolute atomic E-state index is 5.80. The van der Waals surface area contributed by atoms with E-state index in [0.717, 1.165) is 6.54 Å². The number of hydrogen-bond acceptors (Lipinski definition) is 3. The van der Waals surface area contributed by atoms with Crippen LogP contribution in [-0.2, 0) is 0 Å². The monoisotopic (exact) mass is 173 g/mol. The smallest absolute Gasteiger partial charge is 0.0864 e. The van der Waals surface area contributed by atoms with Crippen LogP contribution >= 0.6 is 23.5 Å².